The van der Waals surface area contributed by atoms with E-state index in [0.29, 0.717) is 12.3 Å². The number of sulfonamides is 1. The first-order valence-electron chi connectivity index (χ1n) is 9.88. The largest absolute Gasteiger partial charge is 0.492 e. The van der Waals surface area contributed by atoms with Crippen LogP contribution in [0.3, 0.4) is 0 Å². The van der Waals surface area contributed by atoms with Gasteiger partial charge in [-0.15, -0.1) is 0 Å². The standard InChI is InChI=1S/C22H26N4O3S/c1-15-22(13-26(2)25-15)30(27,28)24-12-17-8-9-21-19(11-17)18(20(23)14-29-21)10-16-6-4-3-5-7-16/h3-9,11,13,18,20,24H,10,12,14,23H2,1-2H3. The summed E-state index contributed by atoms with van der Waals surface area (Å²) >= 11 is 0. The van der Waals surface area contributed by atoms with Crippen molar-refractivity contribution in [1.29, 1.82) is 0 Å². The van der Waals surface area contributed by atoms with E-state index >= 15 is 0 Å². The molecule has 7 nitrogen and oxygen atoms in total. The third kappa shape index (κ3) is 4.26. The quantitative estimate of drug-likeness (QED) is 0.630. The summed E-state index contributed by atoms with van der Waals surface area (Å²) in [5.74, 6) is 0.917. The number of nitrogens with one attached hydrogen (secondary N) is 1. The van der Waals surface area contributed by atoms with Gasteiger partial charge in [0.15, 0.2) is 0 Å². The Balaban J connectivity index is 1.56. The number of nitrogens with zero attached hydrogens (tertiary/aromatic N) is 2. The molecule has 3 N–H and O–H groups in total. The summed E-state index contributed by atoms with van der Waals surface area (Å²) in [6, 6.07) is 15.9. The highest BCUT2D eigenvalue weighted by atomic mass is 32.2. The predicted molar refractivity (Wildman–Crippen MR) is 115 cm³/mol. The Hall–Kier alpha value is -2.68. The summed E-state index contributed by atoms with van der Waals surface area (Å²) < 4.78 is 35.3. The molecule has 1 aliphatic heterocycles. The van der Waals surface area contributed by atoms with Crippen LogP contribution in [0.15, 0.2) is 59.6 Å². The van der Waals surface area contributed by atoms with Gasteiger partial charge in [-0.3, -0.25) is 4.68 Å². The van der Waals surface area contributed by atoms with Crippen molar-refractivity contribution >= 4 is 10.0 Å². The van der Waals surface area contributed by atoms with Crippen LogP contribution in [-0.4, -0.2) is 30.8 Å². The second-order valence-electron chi connectivity index (χ2n) is 7.72. The normalized spacial score (nSPS) is 18.6. The van der Waals surface area contributed by atoms with Gasteiger partial charge < -0.3 is 10.5 Å². The molecule has 1 aliphatic rings. The molecule has 2 heterocycles. The summed E-state index contributed by atoms with van der Waals surface area (Å²) in [5.41, 5.74) is 9.94. The van der Waals surface area contributed by atoms with E-state index in [1.165, 1.54) is 16.4 Å². The monoisotopic (exact) mass is 426 g/mol. The van der Waals surface area contributed by atoms with Crippen LogP contribution in [0.4, 0.5) is 0 Å². The number of fused-ring (bicyclic) bond motifs is 1. The average Bonchev–Trinajstić information content (AvgIpc) is 3.08. The van der Waals surface area contributed by atoms with Gasteiger partial charge >= 0.3 is 0 Å². The van der Waals surface area contributed by atoms with Gasteiger partial charge in [0.1, 0.15) is 17.3 Å². The third-order valence-electron chi connectivity index (χ3n) is 5.44. The lowest BCUT2D eigenvalue weighted by Gasteiger charge is -2.32. The van der Waals surface area contributed by atoms with Crippen molar-refractivity contribution in [2.24, 2.45) is 12.8 Å². The van der Waals surface area contributed by atoms with E-state index in [1.807, 2.05) is 36.4 Å². The summed E-state index contributed by atoms with van der Waals surface area (Å²) in [7, 11) is -1.95. The van der Waals surface area contributed by atoms with E-state index in [1.54, 1.807) is 14.0 Å². The van der Waals surface area contributed by atoms with Crippen LogP contribution in [0.5, 0.6) is 5.75 Å². The lowest BCUT2D eigenvalue weighted by molar-refractivity contribution is 0.238. The molecule has 158 valence electrons. The average molecular weight is 427 g/mol. The molecule has 0 radical (unpaired) electrons. The van der Waals surface area contributed by atoms with Gasteiger partial charge in [-0.05, 0) is 36.1 Å². The van der Waals surface area contributed by atoms with Crippen molar-refractivity contribution in [2.45, 2.75) is 36.7 Å². The van der Waals surface area contributed by atoms with Crippen LogP contribution >= 0.6 is 0 Å². The first-order chi connectivity index (χ1) is 14.3. The molecule has 0 fully saturated rings. The molecule has 0 aliphatic carbocycles. The van der Waals surface area contributed by atoms with Gasteiger partial charge in [0, 0.05) is 31.7 Å². The van der Waals surface area contributed by atoms with Gasteiger partial charge in [-0.25, -0.2) is 13.1 Å². The van der Waals surface area contributed by atoms with Crippen LogP contribution in [0.2, 0.25) is 0 Å². The van der Waals surface area contributed by atoms with Crippen LogP contribution in [0.1, 0.15) is 28.3 Å². The minimum Gasteiger partial charge on any atom is -0.492 e. The van der Waals surface area contributed by atoms with E-state index in [2.05, 4.69) is 22.0 Å². The lowest BCUT2D eigenvalue weighted by Crippen LogP contribution is -2.39. The Morgan fingerprint density at radius 1 is 1.20 bits per heavy atom. The van der Waals surface area contributed by atoms with Crippen molar-refractivity contribution < 1.29 is 13.2 Å². The Kier molecular flexibility index (Phi) is 5.64. The molecule has 0 saturated carbocycles. The second-order valence-corrected chi connectivity index (χ2v) is 9.46. The summed E-state index contributed by atoms with van der Waals surface area (Å²) in [6.07, 6.45) is 2.32. The number of nitrogens with two attached hydrogens (primary N) is 1. The van der Waals surface area contributed by atoms with Crippen molar-refractivity contribution in [3.8, 4) is 5.75 Å². The van der Waals surface area contributed by atoms with Gasteiger partial charge in [-0.1, -0.05) is 42.5 Å². The molecule has 2 atom stereocenters. The maximum atomic E-state index is 12.7. The van der Waals surface area contributed by atoms with E-state index in [0.717, 1.165) is 23.3 Å². The van der Waals surface area contributed by atoms with Crippen LogP contribution in [-0.2, 0) is 30.0 Å². The maximum absolute atomic E-state index is 12.7. The van der Waals surface area contributed by atoms with Crippen molar-refractivity contribution in [3.05, 3.63) is 77.1 Å². The van der Waals surface area contributed by atoms with Crippen molar-refractivity contribution in [1.82, 2.24) is 14.5 Å². The van der Waals surface area contributed by atoms with E-state index in [9.17, 15) is 8.42 Å². The topological polar surface area (TPSA) is 99.2 Å². The zero-order valence-electron chi connectivity index (χ0n) is 17.1. The maximum Gasteiger partial charge on any atom is 0.244 e. The Labute approximate surface area is 176 Å². The molecule has 3 aromatic rings. The number of hydrogen-bond donors (Lipinski definition) is 2. The smallest absolute Gasteiger partial charge is 0.244 e. The van der Waals surface area contributed by atoms with Gasteiger partial charge in [-0.2, -0.15) is 5.10 Å². The molecule has 30 heavy (non-hydrogen) atoms. The number of aryl methyl sites for hydroxylation is 2. The molecule has 0 spiro atoms. The minimum atomic E-state index is -3.65. The van der Waals surface area contributed by atoms with Gasteiger partial charge in [0.2, 0.25) is 10.0 Å². The highest BCUT2D eigenvalue weighted by molar-refractivity contribution is 7.89. The third-order valence-corrected chi connectivity index (χ3v) is 6.95. The SMILES string of the molecule is Cc1nn(C)cc1S(=O)(=O)NCc1ccc2c(c1)C(Cc1ccccc1)C(N)CO2. The highest BCUT2D eigenvalue weighted by Gasteiger charge is 2.29. The number of benzene rings is 2. The molecule has 4 rings (SSSR count). The highest BCUT2D eigenvalue weighted by Crippen LogP contribution is 2.36. The molecule has 2 aromatic carbocycles. The summed E-state index contributed by atoms with van der Waals surface area (Å²) in [5, 5.41) is 4.12. The molecule has 1 aromatic heterocycles. The molecule has 0 saturated heterocycles. The Morgan fingerprint density at radius 3 is 2.67 bits per heavy atom. The predicted octanol–water partition coefficient (Wildman–Crippen LogP) is 2.25. The Bertz CT molecular complexity index is 1140. The van der Waals surface area contributed by atoms with E-state index < -0.39 is 10.0 Å². The van der Waals surface area contributed by atoms with E-state index in [4.69, 9.17) is 10.5 Å². The molecular formula is C22H26N4O3S. The van der Waals surface area contributed by atoms with E-state index in [-0.39, 0.29) is 23.4 Å². The summed E-state index contributed by atoms with van der Waals surface area (Å²) in [4.78, 5) is 0.190. The number of hydrogen-bond acceptors (Lipinski definition) is 5. The zero-order chi connectivity index (χ0) is 21.3. The summed E-state index contributed by atoms with van der Waals surface area (Å²) in [6.45, 7) is 2.33. The minimum absolute atomic E-state index is 0.105. The van der Waals surface area contributed by atoms with Crippen molar-refractivity contribution in [3.63, 3.8) is 0 Å². The van der Waals surface area contributed by atoms with Gasteiger partial charge in [0.05, 0.1) is 5.69 Å². The molecule has 8 heteroatoms. The number of rotatable bonds is 6. The van der Waals surface area contributed by atoms with Crippen LogP contribution in [0.25, 0.3) is 0 Å². The fraction of sp³-hybridized carbons (Fsp3) is 0.318. The Morgan fingerprint density at radius 2 is 1.97 bits per heavy atom. The first kappa shape index (κ1) is 20.6. The van der Waals surface area contributed by atoms with Crippen LogP contribution in [0, 0.1) is 6.92 Å². The molecular weight excluding hydrogens is 400 g/mol. The van der Waals surface area contributed by atoms with Crippen molar-refractivity contribution in [2.75, 3.05) is 6.61 Å². The van der Waals surface area contributed by atoms with Crippen LogP contribution < -0.4 is 15.2 Å². The molecule has 2 unspecified atom stereocenters. The van der Waals surface area contributed by atoms with Gasteiger partial charge in [0.25, 0.3) is 0 Å². The fourth-order valence-electron chi connectivity index (χ4n) is 3.89. The lowest BCUT2D eigenvalue weighted by atomic mass is 9.84. The second kappa shape index (κ2) is 8.22. The first-order valence-corrected chi connectivity index (χ1v) is 11.4. The number of ether oxygens (including phenoxy) is 1. The molecule has 0 bridgehead atoms. The molecule has 0 amide bonds. The number of aromatic nitrogens is 2. The fourth-order valence-corrected chi connectivity index (χ4v) is 5.12. The zero-order valence-corrected chi connectivity index (χ0v) is 17.9.